The zero-order valence-corrected chi connectivity index (χ0v) is 36.1. The number of carbonyl (C=O) groups is 4. The molecule has 1 aromatic heterocycles. The van der Waals surface area contributed by atoms with Gasteiger partial charge in [-0.2, -0.15) is 0 Å². The summed E-state index contributed by atoms with van der Waals surface area (Å²) in [7, 11) is 0. The van der Waals surface area contributed by atoms with Gasteiger partial charge in [0, 0.05) is 41.7 Å². The van der Waals surface area contributed by atoms with E-state index in [2.05, 4.69) is 36.9 Å². The van der Waals surface area contributed by atoms with Gasteiger partial charge in [0.2, 0.25) is 5.91 Å². The Hall–Kier alpha value is -4.68. The van der Waals surface area contributed by atoms with Crippen LogP contribution in [0.15, 0.2) is 48.7 Å². The van der Waals surface area contributed by atoms with Crippen LogP contribution in [0.2, 0.25) is 10.0 Å². The monoisotopic (exact) mass is 888 g/mol. The Morgan fingerprint density at radius 2 is 1.39 bits per heavy atom. The van der Waals surface area contributed by atoms with Crippen molar-refractivity contribution in [2.24, 2.45) is 0 Å². The molecular weight excluding hydrogens is 831 g/mol. The first kappa shape index (κ1) is 47.4. The quantitative estimate of drug-likeness (QED) is 0.0677. The van der Waals surface area contributed by atoms with Gasteiger partial charge in [-0.05, 0) is 87.9 Å². The number of nitrogens with one attached hydrogen (secondary N) is 5. The average Bonchev–Trinajstić information content (AvgIpc) is 3.85. The lowest BCUT2D eigenvalue weighted by atomic mass is 9.91. The Balaban J connectivity index is 0.849. The number of nitrogens with zero attached hydrogens (tertiary/aromatic N) is 3. The lowest BCUT2D eigenvalue weighted by Crippen LogP contribution is -2.45. The molecule has 0 unspecified atom stereocenters. The SMILES string of the molecule is C[C@@H]1NC(=O)N[C@@H]1CCCCCC(=O)NCCOCCOCCOCCn1cc(-c2cc(OCC(=O)NC3CCC(NC(=O)COc4ccc(Cl)cc4)CC3)ccc2Cl)nn1. The van der Waals surface area contributed by atoms with E-state index in [1.807, 2.05) is 6.92 Å². The number of hydrogen-bond donors (Lipinski definition) is 5. The summed E-state index contributed by atoms with van der Waals surface area (Å²) in [6.45, 7) is 5.14. The molecule has 5 rings (SSSR count). The van der Waals surface area contributed by atoms with E-state index in [1.54, 1.807) is 53.3 Å². The Kier molecular flexibility index (Phi) is 20.1. The molecule has 2 heterocycles. The van der Waals surface area contributed by atoms with Crippen molar-refractivity contribution in [1.29, 1.82) is 0 Å². The molecule has 17 nitrogen and oxygen atoms in total. The standard InChI is InChI=1S/C42H58Cl2N8O9/c1-29-37(49-42(56)46-29)5-3-2-4-6-39(53)45-17-19-57-21-23-59-24-22-58-20-18-52-26-38(50-51-52)35-25-34(15-16-36(35)44)61-28-41(55)48-32-11-9-31(10-12-32)47-40(54)27-60-33-13-7-30(43)8-14-33/h7-8,13-16,25-26,29,31-32,37H,2-6,9-12,17-24,27-28H2,1H3,(H,45,53)(H,47,54)(H,48,55)(H2,46,49,56)/t29-,31?,32?,37+/m0/s1. The smallest absolute Gasteiger partial charge is 0.315 e. The summed E-state index contributed by atoms with van der Waals surface area (Å²) in [6, 6.07) is 12.2. The van der Waals surface area contributed by atoms with Crippen LogP contribution in [0.5, 0.6) is 11.5 Å². The summed E-state index contributed by atoms with van der Waals surface area (Å²) in [5.41, 5.74) is 1.18. The molecule has 1 saturated carbocycles. The van der Waals surface area contributed by atoms with E-state index in [1.165, 1.54) is 0 Å². The van der Waals surface area contributed by atoms with Gasteiger partial charge < -0.3 is 50.3 Å². The van der Waals surface area contributed by atoms with Gasteiger partial charge in [-0.3, -0.25) is 14.4 Å². The highest BCUT2D eigenvalue weighted by Crippen LogP contribution is 2.30. The maximum absolute atomic E-state index is 12.7. The molecule has 5 N–H and O–H groups in total. The molecule has 19 heteroatoms. The van der Waals surface area contributed by atoms with Gasteiger partial charge in [-0.25, -0.2) is 9.48 Å². The molecule has 5 amide bonds. The Morgan fingerprint density at radius 1 is 0.770 bits per heavy atom. The normalized spacial score (nSPS) is 18.5. The van der Waals surface area contributed by atoms with Crippen molar-refractivity contribution in [2.45, 2.75) is 95.4 Å². The fourth-order valence-electron chi connectivity index (χ4n) is 6.91. The first-order chi connectivity index (χ1) is 29.6. The van der Waals surface area contributed by atoms with Crippen LogP contribution in [0.3, 0.4) is 0 Å². The second-order valence-electron chi connectivity index (χ2n) is 15.0. The van der Waals surface area contributed by atoms with Gasteiger partial charge in [-0.15, -0.1) is 5.10 Å². The topological polar surface area (TPSA) is 205 Å². The van der Waals surface area contributed by atoms with Gasteiger partial charge in [-0.1, -0.05) is 41.3 Å². The van der Waals surface area contributed by atoms with Crippen LogP contribution < -0.4 is 36.1 Å². The molecule has 2 aliphatic rings. The number of urea groups is 1. The highest BCUT2D eigenvalue weighted by molar-refractivity contribution is 6.33. The van der Waals surface area contributed by atoms with Crippen molar-refractivity contribution in [3.63, 3.8) is 0 Å². The fraction of sp³-hybridized carbons (Fsp3) is 0.571. The van der Waals surface area contributed by atoms with E-state index in [-0.39, 0.29) is 61.1 Å². The minimum Gasteiger partial charge on any atom is -0.484 e. The van der Waals surface area contributed by atoms with Crippen molar-refractivity contribution < 1.29 is 42.9 Å². The number of amides is 5. The molecule has 61 heavy (non-hydrogen) atoms. The Labute approximate surface area is 366 Å². The summed E-state index contributed by atoms with van der Waals surface area (Å²) in [6.07, 6.45) is 8.84. The van der Waals surface area contributed by atoms with Crippen LogP contribution in [0.25, 0.3) is 11.3 Å². The molecule has 0 radical (unpaired) electrons. The number of benzene rings is 2. The fourth-order valence-corrected chi connectivity index (χ4v) is 7.25. The summed E-state index contributed by atoms with van der Waals surface area (Å²) in [4.78, 5) is 48.5. The molecule has 1 aliphatic carbocycles. The van der Waals surface area contributed by atoms with Crippen LogP contribution in [-0.2, 0) is 35.1 Å². The van der Waals surface area contributed by atoms with Gasteiger partial charge in [0.25, 0.3) is 11.8 Å². The van der Waals surface area contributed by atoms with E-state index in [9.17, 15) is 19.2 Å². The summed E-state index contributed by atoms with van der Waals surface area (Å²) in [5, 5.41) is 24.2. The van der Waals surface area contributed by atoms with E-state index >= 15 is 0 Å². The zero-order chi connectivity index (χ0) is 43.2. The van der Waals surface area contributed by atoms with E-state index < -0.39 is 0 Å². The molecule has 0 bridgehead atoms. The minimum atomic E-state index is -0.233. The third-order valence-electron chi connectivity index (χ3n) is 10.2. The first-order valence-electron chi connectivity index (χ1n) is 21.0. The van der Waals surface area contributed by atoms with Gasteiger partial charge >= 0.3 is 6.03 Å². The molecule has 1 saturated heterocycles. The van der Waals surface area contributed by atoms with Crippen LogP contribution in [-0.4, -0.2) is 122 Å². The molecule has 2 atom stereocenters. The lowest BCUT2D eigenvalue weighted by Gasteiger charge is -2.29. The van der Waals surface area contributed by atoms with Crippen LogP contribution in [0.1, 0.15) is 64.7 Å². The summed E-state index contributed by atoms with van der Waals surface area (Å²) in [5.74, 6) is 0.635. The number of unbranched alkanes of at least 4 members (excludes halogenated alkanes) is 2. The van der Waals surface area contributed by atoms with Gasteiger partial charge in [0.1, 0.15) is 17.2 Å². The third-order valence-corrected chi connectivity index (χ3v) is 10.8. The zero-order valence-electron chi connectivity index (χ0n) is 34.6. The average molecular weight is 890 g/mol. The van der Waals surface area contributed by atoms with Crippen molar-refractivity contribution in [1.82, 2.24) is 41.6 Å². The van der Waals surface area contributed by atoms with Crippen molar-refractivity contribution in [2.75, 3.05) is 59.4 Å². The maximum Gasteiger partial charge on any atom is 0.315 e. The number of ether oxygens (including phenoxy) is 5. The predicted octanol–water partition coefficient (Wildman–Crippen LogP) is 4.44. The second kappa shape index (κ2) is 25.9. The second-order valence-corrected chi connectivity index (χ2v) is 15.9. The van der Waals surface area contributed by atoms with E-state index in [4.69, 9.17) is 46.9 Å². The first-order valence-corrected chi connectivity index (χ1v) is 21.7. The van der Waals surface area contributed by atoms with Crippen LogP contribution in [0, 0.1) is 0 Å². The minimum absolute atomic E-state index is 0.00450. The maximum atomic E-state index is 12.7. The Bertz CT molecular complexity index is 1830. The number of halogens is 2. The predicted molar refractivity (Wildman–Crippen MR) is 229 cm³/mol. The highest BCUT2D eigenvalue weighted by Gasteiger charge is 2.27. The van der Waals surface area contributed by atoms with Crippen LogP contribution >= 0.6 is 23.2 Å². The van der Waals surface area contributed by atoms with Crippen molar-refractivity contribution in [3.8, 4) is 22.8 Å². The molecular formula is C42H58Cl2N8O9. The molecule has 3 aromatic rings. The molecule has 0 spiro atoms. The lowest BCUT2D eigenvalue weighted by molar-refractivity contribution is -0.125. The molecule has 334 valence electrons. The summed E-state index contributed by atoms with van der Waals surface area (Å²) < 4.78 is 29.7. The van der Waals surface area contributed by atoms with Crippen molar-refractivity contribution >= 4 is 47.0 Å². The van der Waals surface area contributed by atoms with Crippen molar-refractivity contribution in [3.05, 3.63) is 58.7 Å². The number of hydrogen-bond acceptors (Lipinski definition) is 11. The van der Waals surface area contributed by atoms with Gasteiger partial charge in [0.05, 0.1) is 63.4 Å². The largest absolute Gasteiger partial charge is 0.484 e. The van der Waals surface area contributed by atoms with E-state index in [0.29, 0.717) is 92.0 Å². The molecule has 2 fully saturated rings. The van der Waals surface area contributed by atoms with E-state index in [0.717, 1.165) is 51.4 Å². The Morgan fingerprint density at radius 3 is 2.05 bits per heavy atom. The molecule has 2 aromatic carbocycles. The number of rotatable bonds is 27. The van der Waals surface area contributed by atoms with Gasteiger partial charge in [0.15, 0.2) is 13.2 Å². The third kappa shape index (κ3) is 17.7. The number of carbonyl (C=O) groups excluding carboxylic acids is 4. The van der Waals surface area contributed by atoms with Crippen LogP contribution in [0.4, 0.5) is 4.79 Å². The highest BCUT2D eigenvalue weighted by atomic mass is 35.5. The summed E-state index contributed by atoms with van der Waals surface area (Å²) >= 11 is 12.4. The number of aromatic nitrogens is 3. The molecule has 1 aliphatic heterocycles.